The molecule has 1 aliphatic heterocycles. The van der Waals surface area contributed by atoms with Crippen molar-refractivity contribution in [3.05, 3.63) is 46.8 Å². The van der Waals surface area contributed by atoms with Crippen molar-refractivity contribution < 1.29 is 0 Å². The van der Waals surface area contributed by atoms with Gasteiger partial charge in [-0.2, -0.15) is 0 Å². The molecular formula is C28H44N4. The number of para-hydroxylation sites is 1. The van der Waals surface area contributed by atoms with Gasteiger partial charge in [0.2, 0.25) is 0 Å². The second-order valence-corrected chi connectivity index (χ2v) is 8.93. The van der Waals surface area contributed by atoms with E-state index in [4.69, 9.17) is 9.98 Å². The van der Waals surface area contributed by atoms with Gasteiger partial charge in [0.05, 0.1) is 23.5 Å². The molecule has 176 valence electrons. The Morgan fingerprint density at radius 2 is 1.66 bits per heavy atom. The molecule has 0 bridgehead atoms. The van der Waals surface area contributed by atoms with E-state index >= 15 is 0 Å². The molecular weight excluding hydrogens is 392 g/mol. The molecule has 2 aromatic rings. The molecule has 0 amide bonds. The van der Waals surface area contributed by atoms with Gasteiger partial charge < -0.3 is 9.47 Å². The number of rotatable bonds is 5. The highest BCUT2D eigenvalue weighted by Gasteiger charge is 2.22. The van der Waals surface area contributed by atoms with Crippen LogP contribution in [0.4, 0.5) is 0 Å². The zero-order valence-corrected chi connectivity index (χ0v) is 22.1. The van der Waals surface area contributed by atoms with Crippen LogP contribution in [0.15, 0.2) is 40.0 Å². The predicted octanol–water partition coefficient (Wildman–Crippen LogP) is 7.25. The number of fused-ring (bicyclic) bond motifs is 1. The Hall–Kier alpha value is -2.36. The first-order valence-corrected chi connectivity index (χ1v) is 12.4. The second kappa shape index (κ2) is 11.5. The summed E-state index contributed by atoms with van der Waals surface area (Å²) in [6.45, 7) is 21.0. The first-order valence-electron chi connectivity index (χ1n) is 12.4. The molecule has 0 saturated carbocycles. The van der Waals surface area contributed by atoms with Crippen LogP contribution in [0, 0.1) is 6.92 Å². The molecule has 0 unspecified atom stereocenters. The highest BCUT2D eigenvalue weighted by Crippen LogP contribution is 2.32. The summed E-state index contributed by atoms with van der Waals surface area (Å²) in [5.41, 5.74) is 8.55. The standard InChI is InChI=1S/C26H38N4.C2H6/c1-9-21(10-2)30-15-18(5)14-27-25(19(6)28-16-30)24-20(7)29(8)26-22(17(3)4)12-11-13-23(24)26;1-2/h11-13,15,17,21H,9-10,14,16H2,1-8H3;1-2H3/b18-15-,27-25?,28-19-;. The molecule has 1 aromatic carbocycles. The zero-order chi connectivity index (χ0) is 24.0. The van der Waals surface area contributed by atoms with Crippen molar-refractivity contribution >= 4 is 22.3 Å². The van der Waals surface area contributed by atoms with Crippen molar-refractivity contribution in [2.45, 2.75) is 87.1 Å². The average Bonchev–Trinajstić information content (AvgIpc) is 3.07. The molecule has 4 heteroatoms. The van der Waals surface area contributed by atoms with Crippen molar-refractivity contribution in [2.24, 2.45) is 17.0 Å². The normalized spacial score (nSPS) is 18.2. The van der Waals surface area contributed by atoms with Crippen molar-refractivity contribution in [2.75, 3.05) is 13.2 Å². The highest BCUT2D eigenvalue weighted by molar-refractivity contribution is 6.50. The number of nitrogens with zero attached hydrogens (tertiary/aromatic N) is 4. The van der Waals surface area contributed by atoms with Crippen LogP contribution in [0.25, 0.3) is 10.9 Å². The maximum absolute atomic E-state index is 5.10. The Morgan fingerprint density at radius 3 is 2.25 bits per heavy atom. The maximum atomic E-state index is 5.10. The summed E-state index contributed by atoms with van der Waals surface area (Å²) >= 11 is 0. The molecule has 1 aromatic heterocycles. The Labute approximate surface area is 196 Å². The van der Waals surface area contributed by atoms with Gasteiger partial charge in [-0.1, -0.05) is 59.7 Å². The van der Waals surface area contributed by atoms with E-state index in [1.165, 1.54) is 33.3 Å². The first kappa shape index (κ1) is 25.9. The molecule has 0 saturated heterocycles. The van der Waals surface area contributed by atoms with Gasteiger partial charge in [0, 0.05) is 35.9 Å². The molecule has 0 atom stereocenters. The number of aromatic nitrogens is 1. The lowest BCUT2D eigenvalue weighted by Crippen LogP contribution is -2.30. The van der Waals surface area contributed by atoms with Gasteiger partial charge in [0.1, 0.15) is 6.67 Å². The van der Waals surface area contributed by atoms with E-state index < -0.39 is 0 Å². The molecule has 0 N–H and O–H groups in total. The lowest BCUT2D eigenvalue weighted by atomic mass is 9.97. The van der Waals surface area contributed by atoms with Crippen LogP contribution in [0.1, 0.15) is 91.0 Å². The van der Waals surface area contributed by atoms with E-state index in [2.05, 4.69) is 89.4 Å². The van der Waals surface area contributed by atoms with Crippen LogP contribution in [-0.2, 0) is 7.05 Å². The lowest BCUT2D eigenvalue weighted by molar-refractivity contribution is 0.267. The van der Waals surface area contributed by atoms with Crippen LogP contribution < -0.4 is 0 Å². The quantitative estimate of drug-likeness (QED) is 0.486. The summed E-state index contributed by atoms with van der Waals surface area (Å²) in [6.07, 6.45) is 4.53. The van der Waals surface area contributed by atoms with Gasteiger partial charge in [-0.3, -0.25) is 9.98 Å². The van der Waals surface area contributed by atoms with Gasteiger partial charge in [-0.25, -0.2) is 0 Å². The van der Waals surface area contributed by atoms with Gasteiger partial charge in [0.15, 0.2) is 0 Å². The fraction of sp³-hybridized carbons (Fsp3) is 0.571. The van der Waals surface area contributed by atoms with Crippen LogP contribution in [-0.4, -0.2) is 40.1 Å². The summed E-state index contributed by atoms with van der Waals surface area (Å²) in [6, 6.07) is 7.20. The highest BCUT2D eigenvalue weighted by atomic mass is 15.2. The molecule has 0 radical (unpaired) electrons. The number of aryl methyl sites for hydroxylation is 1. The number of hydrogen-bond donors (Lipinski definition) is 0. The van der Waals surface area contributed by atoms with E-state index in [0.29, 0.717) is 25.2 Å². The number of hydrogen-bond acceptors (Lipinski definition) is 3. The minimum absolute atomic E-state index is 0.477. The molecule has 0 spiro atoms. The Balaban J connectivity index is 0.00000176. The van der Waals surface area contributed by atoms with E-state index in [0.717, 1.165) is 24.3 Å². The van der Waals surface area contributed by atoms with Crippen molar-refractivity contribution in [3.8, 4) is 0 Å². The summed E-state index contributed by atoms with van der Waals surface area (Å²) in [4.78, 5) is 12.5. The molecule has 4 nitrogen and oxygen atoms in total. The van der Waals surface area contributed by atoms with Gasteiger partial charge in [0.25, 0.3) is 0 Å². The van der Waals surface area contributed by atoms with Crippen LogP contribution in [0.2, 0.25) is 0 Å². The fourth-order valence-corrected chi connectivity index (χ4v) is 4.62. The van der Waals surface area contributed by atoms with Crippen molar-refractivity contribution in [1.82, 2.24) is 9.47 Å². The third-order valence-electron chi connectivity index (χ3n) is 6.49. The average molecular weight is 437 g/mol. The van der Waals surface area contributed by atoms with Crippen LogP contribution in [0.3, 0.4) is 0 Å². The molecule has 0 aliphatic carbocycles. The lowest BCUT2D eigenvalue weighted by Gasteiger charge is -2.28. The fourth-order valence-electron chi connectivity index (χ4n) is 4.62. The molecule has 1 aliphatic rings. The third-order valence-corrected chi connectivity index (χ3v) is 6.49. The summed E-state index contributed by atoms with van der Waals surface area (Å²) < 4.78 is 2.33. The Kier molecular flexibility index (Phi) is 9.30. The number of aliphatic imine (C=N–C) groups is 2. The largest absolute Gasteiger partial charge is 0.355 e. The first-order chi connectivity index (χ1) is 15.3. The topological polar surface area (TPSA) is 32.9 Å². The van der Waals surface area contributed by atoms with Crippen molar-refractivity contribution in [3.63, 3.8) is 0 Å². The number of benzene rings is 1. The maximum Gasteiger partial charge on any atom is 0.110 e. The predicted molar refractivity (Wildman–Crippen MR) is 142 cm³/mol. The van der Waals surface area contributed by atoms with Crippen LogP contribution in [0.5, 0.6) is 0 Å². The smallest absolute Gasteiger partial charge is 0.110 e. The monoisotopic (exact) mass is 436 g/mol. The summed E-state index contributed by atoms with van der Waals surface area (Å²) in [5, 5.41) is 1.28. The van der Waals surface area contributed by atoms with E-state index in [1.54, 1.807) is 0 Å². The third kappa shape index (κ3) is 5.16. The van der Waals surface area contributed by atoms with Gasteiger partial charge in [-0.15, -0.1) is 0 Å². The zero-order valence-electron chi connectivity index (χ0n) is 22.1. The van der Waals surface area contributed by atoms with E-state index in [9.17, 15) is 0 Å². The summed E-state index contributed by atoms with van der Waals surface area (Å²) in [5.74, 6) is 0.477. The van der Waals surface area contributed by atoms with Crippen LogP contribution >= 0.6 is 0 Å². The van der Waals surface area contributed by atoms with E-state index in [-0.39, 0.29) is 0 Å². The Bertz CT molecular complexity index is 1000. The second-order valence-electron chi connectivity index (χ2n) is 8.93. The minimum atomic E-state index is 0.477. The van der Waals surface area contributed by atoms with E-state index in [1.807, 2.05) is 13.8 Å². The molecule has 2 heterocycles. The van der Waals surface area contributed by atoms with Gasteiger partial charge in [-0.05, 0) is 50.7 Å². The van der Waals surface area contributed by atoms with Gasteiger partial charge >= 0.3 is 0 Å². The summed E-state index contributed by atoms with van der Waals surface area (Å²) in [7, 11) is 2.18. The molecule has 32 heavy (non-hydrogen) atoms. The molecule has 0 fully saturated rings. The minimum Gasteiger partial charge on any atom is -0.355 e. The Morgan fingerprint density at radius 1 is 1.00 bits per heavy atom. The SMILES string of the molecule is CC.CCC(CC)N1/C=C(/C)CN=C(c2c(C)n(C)c3c(C(C)C)cccc23)/C(C)=N\C1. The molecule has 3 rings (SSSR count). The van der Waals surface area contributed by atoms with Crippen molar-refractivity contribution in [1.29, 1.82) is 0 Å².